The van der Waals surface area contributed by atoms with Gasteiger partial charge in [-0.15, -0.1) is 0 Å². The Bertz CT molecular complexity index is 460. The van der Waals surface area contributed by atoms with Crippen LogP contribution in [0.1, 0.15) is 11.1 Å². The van der Waals surface area contributed by atoms with Gasteiger partial charge >= 0.3 is 57.4 Å². The maximum atomic E-state index is 10.8. The molecule has 0 aliphatic heterocycles. The third kappa shape index (κ3) is 6.88. The number of esters is 1. The molecule has 0 aromatic heterocycles. The fourth-order valence-electron chi connectivity index (χ4n) is 1.11. The van der Waals surface area contributed by atoms with Crippen molar-refractivity contribution < 1.29 is 70.8 Å². The van der Waals surface area contributed by atoms with E-state index >= 15 is 0 Å². The van der Waals surface area contributed by atoms with Crippen LogP contribution in [0.3, 0.4) is 0 Å². The van der Waals surface area contributed by atoms with E-state index in [1.54, 1.807) is 30.3 Å². The summed E-state index contributed by atoms with van der Waals surface area (Å²) in [5, 5.41) is 10.2. The predicted molar refractivity (Wildman–Crippen MR) is 61.5 cm³/mol. The van der Waals surface area contributed by atoms with Crippen molar-refractivity contribution in [3.05, 3.63) is 47.5 Å². The minimum absolute atomic E-state index is 0. The van der Waals surface area contributed by atoms with Gasteiger partial charge in [0, 0.05) is 6.08 Å². The van der Waals surface area contributed by atoms with Gasteiger partial charge in [0.05, 0.1) is 13.1 Å². The average Bonchev–Trinajstić information content (AvgIpc) is 2.34. The SMILES string of the molecule is COC(=O)C=Cc1ccc(C=CC(=O)[O-])cc1.[K+]. The fourth-order valence-corrected chi connectivity index (χ4v) is 1.11. The molecular weight excluding hydrogens is 259 g/mol. The molecule has 0 saturated heterocycles. The minimum Gasteiger partial charge on any atom is -0.545 e. The maximum Gasteiger partial charge on any atom is 1.00 e. The summed E-state index contributed by atoms with van der Waals surface area (Å²) in [6.45, 7) is 0. The quantitative estimate of drug-likeness (QED) is 0.349. The van der Waals surface area contributed by atoms with E-state index in [0.29, 0.717) is 0 Å². The molecule has 88 valence electrons. The van der Waals surface area contributed by atoms with Crippen LogP contribution in [0.2, 0.25) is 0 Å². The van der Waals surface area contributed by atoms with Crippen molar-refractivity contribution in [3.8, 4) is 0 Å². The summed E-state index contributed by atoms with van der Waals surface area (Å²) >= 11 is 0. The number of benzene rings is 1. The van der Waals surface area contributed by atoms with Crippen LogP contribution in [-0.4, -0.2) is 19.0 Å². The molecule has 5 heteroatoms. The Labute approximate surface area is 148 Å². The van der Waals surface area contributed by atoms with Gasteiger partial charge in [0.15, 0.2) is 0 Å². The fraction of sp³-hybridized carbons (Fsp3) is 0.0769. The third-order valence-corrected chi connectivity index (χ3v) is 1.96. The van der Waals surface area contributed by atoms with Crippen molar-refractivity contribution in [3.63, 3.8) is 0 Å². The molecular formula is C13H11KO4. The molecule has 0 aliphatic rings. The van der Waals surface area contributed by atoms with Crippen LogP contribution in [0.15, 0.2) is 36.4 Å². The number of rotatable bonds is 4. The molecule has 0 aliphatic carbocycles. The molecule has 1 aromatic carbocycles. The number of carboxylic acids is 1. The predicted octanol–water partition coefficient (Wildman–Crippen LogP) is -2.36. The van der Waals surface area contributed by atoms with Gasteiger partial charge in [0.2, 0.25) is 0 Å². The van der Waals surface area contributed by atoms with E-state index < -0.39 is 11.9 Å². The van der Waals surface area contributed by atoms with Crippen LogP contribution in [0.4, 0.5) is 0 Å². The third-order valence-electron chi connectivity index (χ3n) is 1.96. The minimum atomic E-state index is -1.24. The molecule has 0 amide bonds. The van der Waals surface area contributed by atoms with Crippen molar-refractivity contribution in [2.75, 3.05) is 7.11 Å². The summed E-state index contributed by atoms with van der Waals surface area (Å²) in [6.07, 6.45) is 5.31. The van der Waals surface area contributed by atoms with Gasteiger partial charge in [-0.1, -0.05) is 30.3 Å². The van der Waals surface area contributed by atoms with Gasteiger partial charge in [-0.05, 0) is 23.3 Å². The van der Waals surface area contributed by atoms with Crippen LogP contribution in [0.25, 0.3) is 12.2 Å². The average molecular weight is 270 g/mol. The normalized spacial score (nSPS) is 10.3. The molecule has 0 N–H and O–H groups in total. The smallest absolute Gasteiger partial charge is 0.545 e. The zero-order chi connectivity index (χ0) is 12.7. The molecule has 4 nitrogen and oxygen atoms in total. The Morgan fingerprint density at radius 3 is 1.89 bits per heavy atom. The van der Waals surface area contributed by atoms with E-state index in [-0.39, 0.29) is 51.4 Å². The van der Waals surface area contributed by atoms with E-state index in [4.69, 9.17) is 0 Å². The van der Waals surface area contributed by atoms with Crippen molar-refractivity contribution >= 4 is 24.1 Å². The Kier molecular flexibility index (Phi) is 8.87. The second-order valence-corrected chi connectivity index (χ2v) is 3.18. The Hall–Kier alpha value is -0.724. The molecule has 0 radical (unpaired) electrons. The molecule has 0 spiro atoms. The topological polar surface area (TPSA) is 66.4 Å². The molecule has 0 saturated carbocycles. The van der Waals surface area contributed by atoms with Crippen molar-refractivity contribution in [2.24, 2.45) is 0 Å². The molecule has 1 aromatic rings. The van der Waals surface area contributed by atoms with Crippen molar-refractivity contribution in [2.45, 2.75) is 0 Å². The van der Waals surface area contributed by atoms with Gasteiger partial charge in [-0.25, -0.2) is 4.79 Å². The first-order chi connectivity index (χ1) is 8.11. The van der Waals surface area contributed by atoms with E-state index in [9.17, 15) is 14.7 Å². The van der Waals surface area contributed by atoms with Crippen LogP contribution in [0, 0.1) is 0 Å². The summed E-state index contributed by atoms with van der Waals surface area (Å²) in [7, 11) is 1.31. The summed E-state index contributed by atoms with van der Waals surface area (Å²) in [6, 6.07) is 6.98. The summed E-state index contributed by atoms with van der Waals surface area (Å²) in [5.74, 6) is -1.66. The standard InChI is InChI=1S/C13H12O4.K/c1-17-13(16)9-7-11-4-2-10(3-5-11)6-8-12(14)15;/h2-9H,1H3,(H,14,15);/q;+1/p-1. The Balaban J connectivity index is 0.00000289. The molecule has 18 heavy (non-hydrogen) atoms. The van der Waals surface area contributed by atoms with Crippen LogP contribution >= 0.6 is 0 Å². The summed E-state index contributed by atoms with van der Waals surface area (Å²) in [5.41, 5.74) is 1.56. The first-order valence-electron chi connectivity index (χ1n) is 4.87. The first kappa shape index (κ1) is 17.3. The number of carboxylic acid groups (broad SMARTS) is 1. The number of methoxy groups -OCH3 is 1. The second kappa shape index (κ2) is 9.24. The summed E-state index contributed by atoms with van der Waals surface area (Å²) in [4.78, 5) is 21.0. The number of aliphatic carboxylic acids is 1. The first-order valence-corrected chi connectivity index (χ1v) is 4.87. The van der Waals surface area contributed by atoms with Crippen LogP contribution in [-0.2, 0) is 14.3 Å². The van der Waals surface area contributed by atoms with E-state index in [0.717, 1.165) is 17.2 Å². The molecule has 0 unspecified atom stereocenters. The van der Waals surface area contributed by atoms with Crippen molar-refractivity contribution in [1.82, 2.24) is 0 Å². The monoisotopic (exact) mass is 270 g/mol. The maximum absolute atomic E-state index is 10.8. The molecule has 0 atom stereocenters. The van der Waals surface area contributed by atoms with E-state index in [1.165, 1.54) is 19.3 Å². The number of carbonyl (C=O) groups excluding carboxylic acids is 2. The van der Waals surface area contributed by atoms with Crippen LogP contribution in [0.5, 0.6) is 0 Å². The number of hydrogen-bond acceptors (Lipinski definition) is 4. The molecule has 0 bridgehead atoms. The second-order valence-electron chi connectivity index (χ2n) is 3.18. The van der Waals surface area contributed by atoms with Crippen molar-refractivity contribution in [1.29, 1.82) is 0 Å². The largest absolute Gasteiger partial charge is 1.00 e. The van der Waals surface area contributed by atoms with E-state index in [1.807, 2.05) is 0 Å². The molecule has 1 rings (SSSR count). The van der Waals surface area contributed by atoms with Gasteiger partial charge in [0.1, 0.15) is 0 Å². The number of carbonyl (C=O) groups is 2. The molecule has 0 heterocycles. The van der Waals surface area contributed by atoms with Gasteiger partial charge in [0.25, 0.3) is 0 Å². The van der Waals surface area contributed by atoms with Crippen LogP contribution < -0.4 is 56.5 Å². The van der Waals surface area contributed by atoms with Gasteiger partial charge < -0.3 is 14.6 Å². The zero-order valence-corrected chi connectivity index (χ0v) is 13.4. The van der Waals surface area contributed by atoms with E-state index in [2.05, 4.69) is 4.74 Å². The summed E-state index contributed by atoms with van der Waals surface area (Å²) < 4.78 is 4.45. The number of ether oxygens (including phenoxy) is 1. The Morgan fingerprint density at radius 1 is 1.06 bits per heavy atom. The molecule has 0 fully saturated rings. The van der Waals surface area contributed by atoms with Gasteiger partial charge in [-0.3, -0.25) is 0 Å². The Morgan fingerprint density at radius 2 is 1.50 bits per heavy atom. The zero-order valence-electron chi connectivity index (χ0n) is 10.3. The van der Waals surface area contributed by atoms with Gasteiger partial charge in [-0.2, -0.15) is 0 Å². The number of hydrogen-bond donors (Lipinski definition) is 0.